The molecule has 8 nitrogen and oxygen atoms in total. The van der Waals surface area contributed by atoms with Crippen molar-refractivity contribution in [1.29, 1.82) is 0 Å². The van der Waals surface area contributed by atoms with Gasteiger partial charge in [-0.15, -0.1) is 0 Å². The number of unbranched alkanes of at least 4 members (excludes halogenated alkanes) is 10. The molecule has 0 aliphatic carbocycles. The molecule has 1 heterocycles. The highest BCUT2D eigenvalue weighted by Gasteiger charge is 2.18. The molecular formula is C40H60O8. The Kier molecular flexibility index (Phi) is 27.0. The van der Waals surface area contributed by atoms with E-state index < -0.39 is 11.9 Å². The average molecular weight is 669 g/mol. The van der Waals surface area contributed by atoms with Crippen molar-refractivity contribution in [2.75, 3.05) is 26.4 Å². The first-order valence-corrected chi connectivity index (χ1v) is 18.2. The standard InChI is InChI=1S/C24H38O4.C10H16O4.C6H6/c1-3-5-7-9-11-15-19-27-23(25)21-17-13-14-18-22(21)24(26)28-20-16-12-10-8-6-4-2;11-9-5-1-2-6-10(12)14-8-4-3-7-13-9;1-2-4-6-5-3-1/h13-14,17-18H,3-12,15-16,19-20H2,1-2H3;1-8H2;1-6H. The molecule has 0 spiro atoms. The highest BCUT2D eigenvalue weighted by atomic mass is 16.5. The zero-order chi connectivity index (χ0) is 34.9. The summed E-state index contributed by atoms with van der Waals surface area (Å²) in [6.45, 7) is 6.06. The van der Waals surface area contributed by atoms with Crippen LogP contribution >= 0.6 is 0 Å². The number of benzene rings is 2. The molecule has 0 saturated carbocycles. The van der Waals surface area contributed by atoms with E-state index in [1.807, 2.05) is 36.4 Å². The van der Waals surface area contributed by atoms with Crippen LogP contribution in [0.4, 0.5) is 0 Å². The smallest absolute Gasteiger partial charge is 0.339 e. The molecule has 1 aliphatic heterocycles. The van der Waals surface area contributed by atoms with Gasteiger partial charge in [0.15, 0.2) is 0 Å². The summed E-state index contributed by atoms with van der Waals surface area (Å²) in [6, 6.07) is 18.7. The van der Waals surface area contributed by atoms with Crippen LogP contribution in [0.3, 0.4) is 0 Å². The molecule has 48 heavy (non-hydrogen) atoms. The van der Waals surface area contributed by atoms with Crippen LogP contribution in [0.1, 0.15) is 150 Å². The Morgan fingerprint density at radius 2 is 0.875 bits per heavy atom. The van der Waals surface area contributed by atoms with Crippen LogP contribution in [0.2, 0.25) is 0 Å². The van der Waals surface area contributed by atoms with Gasteiger partial charge in [0.1, 0.15) is 0 Å². The van der Waals surface area contributed by atoms with Crippen LogP contribution in [0.15, 0.2) is 60.7 Å². The van der Waals surface area contributed by atoms with E-state index in [-0.39, 0.29) is 11.9 Å². The number of hydrogen-bond acceptors (Lipinski definition) is 8. The van der Waals surface area contributed by atoms with E-state index in [2.05, 4.69) is 13.8 Å². The highest BCUT2D eigenvalue weighted by Crippen LogP contribution is 2.14. The van der Waals surface area contributed by atoms with Gasteiger partial charge in [0.25, 0.3) is 0 Å². The third-order valence-electron chi connectivity index (χ3n) is 7.57. The van der Waals surface area contributed by atoms with E-state index in [4.69, 9.17) is 18.9 Å². The SMILES string of the molecule is CCCCCCCCOC(=O)c1ccccc1C(=O)OCCCCCCCC.O=C1CCCCC(=O)OCCCCO1.c1ccccc1. The second-order valence-corrected chi connectivity index (χ2v) is 11.9. The van der Waals surface area contributed by atoms with E-state index in [0.717, 1.165) is 38.5 Å². The molecule has 8 heteroatoms. The molecule has 268 valence electrons. The van der Waals surface area contributed by atoms with Crippen molar-refractivity contribution in [2.45, 2.75) is 129 Å². The first kappa shape index (κ1) is 42.3. The maximum Gasteiger partial charge on any atom is 0.339 e. The zero-order valence-electron chi connectivity index (χ0n) is 29.6. The lowest BCUT2D eigenvalue weighted by molar-refractivity contribution is -0.147. The van der Waals surface area contributed by atoms with Gasteiger partial charge in [-0.1, -0.05) is 127 Å². The first-order chi connectivity index (χ1) is 23.5. The van der Waals surface area contributed by atoms with Crippen molar-refractivity contribution < 1.29 is 38.1 Å². The lowest BCUT2D eigenvalue weighted by Gasteiger charge is -2.10. The van der Waals surface area contributed by atoms with Crippen molar-refractivity contribution in [2.24, 2.45) is 0 Å². The fraction of sp³-hybridized carbons (Fsp3) is 0.600. The molecule has 2 aromatic carbocycles. The predicted molar refractivity (Wildman–Crippen MR) is 190 cm³/mol. The lowest BCUT2D eigenvalue weighted by atomic mass is 10.1. The molecule has 0 unspecified atom stereocenters. The summed E-state index contributed by atoms with van der Waals surface area (Å²) in [5, 5.41) is 0. The van der Waals surface area contributed by atoms with Crippen molar-refractivity contribution in [3.8, 4) is 0 Å². The minimum Gasteiger partial charge on any atom is -0.466 e. The number of esters is 4. The van der Waals surface area contributed by atoms with Crippen LogP contribution in [0, 0.1) is 0 Å². The Balaban J connectivity index is 0.000000469. The van der Waals surface area contributed by atoms with Crippen molar-refractivity contribution in [1.82, 2.24) is 0 Å². The van der Waals surface area contributed by atoms with Gasteiger partial charge in [-0.3, -0.25) is 9.59 Å². The number of carbonyl (C=O) groups excluding carboxylic acids is 4. The highest BCUT2D eigenvalue weighted by molar-refractivity contribution is 6.03. The second-order valence-electron chi connectivity index (χ2n) is 11.9. The summed E-state index contributed by atoms with van der Waals surface area (Å²) in [6.07, 6.45) is 17.4. The normalized spacial score (nSPS) is 13.5. The van der Waals surface area contributed by atoms with Crippen molar-refractivity contribution >= 4 is 23.9 Å². The topological polar surface area (TPSA) is 105 Å². The van der Waals surface area contributed by atoms with Gasteiger partial charge in [-0.05, 0) is 50.7 Å². The molecule has 0 atom stereocenters. The van der Waals surface area contributed by atoms with E-state index in [0.29, 0.717) is 63.2 Å². The fourth-order valence-electron chi connectivity index (χ4n) is 4.73. The summed E-state index contributed by atoms with van der Waals surface area (Å²) in [5.74, 6) is -1.20. The van der Waals surface area contributed by atoms with Crippen LogP contribution in [0.25, 0.3) is 0 Å². The summed E-state index contributed by atoms with van der Waals surface area (Å²) in [7, 11) is 0. The fourth-order valence-corrected chi connectivity index (χ4v) is 4.73. The zero-order valence-corrected chi connectivity index (χ0v) is 29.6. The molecule has 1 fully saturated rings. The average Bonchev–Trinajstić information content (AvgIpc) is 3.11. The molecule has 1 saturated heterocycles. The van der Waals surface area contributed by atoms with Crippen molar-refractivity contribution in [3.05, 3.63) is 71.8 Å². The number of carbonyl (C=O) groups is 4. The molecule has 0 N–H and O–H groups in total. The largest absolute Gasteiger partial charge is 0.466 e. The molecule has 0 amide bonds. The Bertz CT molecular complexity index is 1000. The van der Waals surface area contributed by atoms with Gasteiger partial charge < -0.3 is 18.9 Å². The maximum atomic E-state index is 12.4. The van der Waals surface area contributed by atoms with Crippen molar-refractivity contribution in [3.63, 3.8) is 0 Å². The Labute approximate surface area is 289 Å². The van der Waals surface area contributed by atoms with E-state index in [1.54, 1.807) is 24.3 Å². The first-order valence-electron chi connectivity index (χ1n) is 18.2. The molecular weight excluding hydrogens is 608 g/mol. The monoisotopic (exact) mass is 668 g/mol. The van der Waals surface area contributed by atoms with Gasteiger partial charge in [-0.25, -0.2) is 9.59 Å². The van der Waals surface area contributed by atoms with Crippen LogP contribution in [-0.2, 0) is 28.5 Å². The Morgan fingerprint density at radius 1 is 0.521 bits per heavy atom. The number of hydrogen-bond donors (Lipinski definition) is 0. The molecule has 0 radical (unpaired) electrons. The number of rotatable bonds is 16. The van der Waals surface area contributed by atoms with Crippen LogP contribution < -0.4 is 0 Å². The van der Waals surface area contributed by atoms with Crippen LogP contribution in [-0.4, -0.2) is 50.3 Å². The molecule has 3 rings (SSSR count). The molecule has 2 aromatic rings. The van der Waals surface area contributed by atoms with Gasteiger partial charge in [0.05, 0.1) is 37.6 Å². The summed E-state index contributed by atoms with van der Waals surface area (Å²) >= 11 is 0. The number of ether oxygens (including phenoxy) is 4. The molecule has 1 aliphatic rings. The molecule has 0 aromatic heterocycles. The van der Waals surface area contributed by atoms with Crippen LogP contribution in [0.5, 0.6) is 0 Å². The minimum atomic E-state index is -0.444. The van der Waals surface area contributed by atoms with E-state index in [9.17, 15) is 19.2 Å². The van der Waals surface area contributed by atoms with Gasteiger partial charge >= 0.3 is 23.9 Å². The predicted octanol–water partition coefficient (Wildman–Crippen LogP) is 9.83. The minimum absolute atomic E-state index is 0.154. The summed E-state index contributed by atoms with van der Waals surface area (Å²) in [4.78, 5) is 46.8. The van der Waals surface area contributed by atoms with Gasteiger partial charge in [0.2, 0.25) is 0 Å². The third-order valence-corrected chi connectivity index (χ3v) is 7.57. The van der Waals surface area contributed by atoms with E-state index in [1.165, 1.54) is 51.4 Å². The Morgan fingerprint density at radius 3 is 1.25 bits per heavy atom. The second kappa shape index (κ2) is 30.6. The van der Waals surface area contributed by atoms with Gasteiger partial charge in [-0.2, -0.15) is 0 Å². The van der Waals surface area contributed by atoms with Gasteiger partial charge in [0, 0.05) is 12.8 Å². The number of cyclic esters (lactones) is 2. The lowest BCUT2D eigenvalue weighted by Crippen LogP contribution is -2.15. The summed E-state index contributed by atoms with van der Waals surface area (Å²) < 4.78 is 20.6. The molecule has 0 bridgehead atoms. The maximum absolute atomic E-state index is 12.4. The van der Waals surface area contributed by atoms with E-state index >= 15 is 0 Å². The Hall–Kier alpha value is -3.68. The third kappa shape index (κ3) is 23.6. The quantitative estimate of drug-likeness (QED) is 0.0989. The summed E-state index contributed by atoms with van der Waals surface area (Å²) in [5.41, 5.74) is 0.586.